The molecule has 6 nitrogen and oxygen atoms in total. The smallest absolute Gasteiger partial charge is 0.316 e. The summed E-state index contributed by atoms with van der Waals surface area (Å²) in [6, 6.07) is 5.97. The summed E-state index contributed by atoms with van der Waals surface area (Å²) in [7, 11) is 0. The van der Waals surface area contributed by atoms with Gasteiger partial charge in [-0.15, -0.1) is 0 Å². The van der Waals surface area contributed by atoms with Crippen molar-refractivity contribution < 1.29 is 23.0 Å². The van der Waals surface area contributed by atoms with Crippen LogP contribution in [0.15, 0.2) is 36.7 Å². The number of nitrogens with zero attached hydrogens (tertiary/aromatic N) is 3. The van der Waals surface area contributed by atoms with E-state index in [9.17, 15) is 13.6 Å². The van der Waals surface area contributed by atoms with Crippen LogP contribution in [0.2, 0.25) is 0 Å². The number of carbonyl (C=O) groups is 1. The average Bonchev–Trinajstić information content (AvgIpc) is 3.05. The van der Waals surface area contributed by atoms with Gasteiger partial charge in [0.05, 0.1) is 18.9 Å². The normalized spacial score (nSPS) is 16.9. The van der Waals surface area contributed by atoms with E-state index >= 15 is 0 Å². The molecule has 1 aromatic carbocycles. The number of para-hydroxylation sites is 1. The number of hydrogen-bond donors (Lipinski definition) is 0. The summed E-state index contributed by atoms with van der Waals surface area (Å²) in [5, 5.41) is 0. The van der Waals surface area contributed by atoms with Crippen LogP contribution in [0, 0.1) is 11.6 Å². The predicted octanol–water partition coefficient (Wildman–Crippen LogP) is 1.81. The molecule has 3 rings (SSSR count). The second kappa shape index (κ2) is 7.20. The Labute approximate surface area is 137 Å². The molecule has 0 unspecified atom stereocenters. The molecule has 0 saturated carbocycles. The standard InChI is InChI=1S/C16H15F2N3O3/c17-11-7-19-16(20-8-11)24-12-5-6-21(9-12)15(22)10-23-14-4-2-1-3-13(14)18/h1-4,7-8,12H,5-6,9-10H2/t12-/m1/s1. The Hall–Kier alpha value is -2.77. The third kappa shape index (κ3) is 3.95. The van der Waals surface area contributed by atoms with Gasteiger partial charge in [0.25, 0.3) is 5.91 Å². The van der Waals surface area contributed by atoms with Gasteiger partial charge in [-0.05, 0) is 12.1 Å². The van der Waals surface area contributed by atoms with Gasteiger partial charge >= 0.3 is 6.01 Å². The summed E-state index contributed by atoms with van der Waals surface area (Å²) in [5.41, 5.74) is 0. The SMILES string of the molecule is O=C(COc1ccccc1F)N1CC[C@@H](Oc2ncc(F)cn2)C1. The van der Waals surface area contributed by atoms with Crippen molar-refractivity contribution in [2.24, 2.45) is 0 Å². The molecule has 126 valence electrons. The maximum atomic E-state index is 13.4. The highest BCUT2D eigenvalue weighted by Gasteiger charge is 2.28. The van der Waals surface area contributed by atoms with Crippen LogP contribution in [0.25, 0.3) is 0 Å². The van der Waals surface area contributed by atoms with Gasteiger partial charge in [0.2, 0.25) is 0 Å². The van der Waals surface area contributed by atoms with Gasteiger partial charge in [0.1, 0.15) is 6.10 Å². The Kier molecular flexibility index (Phi) is 4.83. The van der Waals surface area contributed by atoms with Gasteiger partial charge in [-0.25, -0.2) is 18.7 Å². The Bertz CT molecular complexity index is 712. The monoisotopic (exact) mass is 335 g/mol. The summed E-state index contributed by atoms with van der Waals surface area (Å²) >= 11 is 0. The van der Waals surface area contributed by atoms with E-state index in [-0.39, 0.29) is 30.4 Å². The van der Waals surface area contributed by atoms with E-state index in [1.165, 1.54) is 12.1 Å². The minimum atomic E-state index is -0.545. The minimum absolute atomic E-state index is 0.0394. The highest BCUT2D eigenvalue weighted by Crippen LogP contribution is 2.17. The van der Waals surface area contributed by atoms with E-state index < -0.39 is 11.6 Å². The third-order valence-corrected chi connectivity index (χ3v) is 3.55. The van der Waals surface area contributed by atoms with Crippen LogP contribution in [0.3, 0.4) is 0 Å². The number of ether oxygens (including phenoxy) is 2. The molecule has 1 fully saturated rings. The molecule has 1 aliphatic rings. The number of benzene rings is 1. The zero-order valence-corrected chi connectivity index (χ0v) is 12.7. The maximum absolute atomic E-state index is 13.4. The number of likely N-dealkylation sites (tertiary alicyclic amines) is 1. The molecule has 8 heteroatoms. The first kappa shape index (κ1) is 16.1. The first-order valence-electron chi connectivity index (χ1n) is 7.41. The zero-order chi connectivity index (χ0) is 16.9. The van der Waals surface area contributed by atoms with Crippen molar-refractivity contribution in [1.82, 2.24) is 14.9 Å². The van der Waals surface area contributed by atoms with E-state index in [0.717, 1.165) is 12.4 Å². The zero-order valence-electron chi connectivity index (χ0n) is 12.7. The topological polar surface area (TPSA) is 64.5 Å². The first-order chi connectivity index (χ1) is 11.6. The third-order valence-electron chi connectivity index (χ3n) is 3.55. The molecule has 0 N–H and O–H groups in total. The van der Waals surface area contributed by atoms with Gasteiger partial charge < -0.3 is 14.4 Å². The van der Waals surface area contributed by atoms with Crippen LogP contribution in [0.4, 0.5) is 8.78 Å². The van der Waals surface area contributed by atoms with Crippen LogP contribution in [-0.2, 0) is 4.79 Å². The number of carbonyl (C=O) groups excluding carboxylic acids is 1. The van der Waals surface area contributed by atoms with Crippen molar-refractivity contribution >= 4 is 5.91 Å². The maximum Gasteiger partial charge on any atom is 0.316 e. The summed E-state index contributed by atoms with van der Waals surface area (Å²) in [6.07, 6.45) is 2.37. The summed E-state index contributed by atoms with van der Waals surface area (Å²) in [5.74, 6) is -1.28. The number of rotatable bonds is 5. The van der Waals surface area contributed by atoms with Gasteiger partial charge in [-0.2, -0.15) is 0 Å². The quantitative estimate of drug-likeness (QED) is 0.834. The van der Waals surface area contributed by atoms with Crippen molar-refractivity contribution in [2.75, 3.05) is 19.7 Å². The van der Waals surface area contributed by atoms with Crippen molar-refractivity contribution in [3.05, 3.63) is 48.3 Å². The molecule has 0 bridgehead atoms. The number of amides is 1. The second-order valence-corrected chi connectivity index (χ2v) is 5.27. The van der Waals surface area contributed by atoms with Crippen LogP contribution in [0.5, 0.6) is 11.8 Å². The minimum Gasteiger partial charge on any atom is -0.481 e. The van der Waals surface area contributed by atoms with E-state index in [1.807, 2.05) is 0 Å². The predicted molar refractivity (Wildman–Crippen MR) is 79.5 cm³/mol. The Morgan fingerprint density at radius 2 is 2.00 bits per heavy atom. The molecular weight excluding hydrogens is 320 g/mol. The fraction of sp³-hybridized carbons (Fsp3) is 0.312. The van der Waals surface area contributed by atoms with E-state index in [0.29, 0.717) is 19.5 Å². The van der Waals surface area contributed by atoms with E-state index in [4.69, 9.17) is 9.47 Å². The highest BCUT2D eigenvalue weighted by atomic mass is 19.1. The van der Waals surface area contributed by atoms with Crippen molar-refractivity contribution in [3.63, 3.8) is 0 Å². The second-order valence-electron chi connectivity index (χ2n) is 5.27. The van der Waals surface area contributed by atoms with E-state index in [1.54, 1.807) is 17.0 Å². The van der Waals surface area contributed by atoms with Gasteiger partial charge in [0.15, 0.2) is 24.0 Å². The molecule has 0 radical (unpaired) electrons. The molecule has 1 amide bonds. The molecule has 2 heterocycles. The Balaban J connectivity index is 1.49. The molecule has 0 aliphatic carbocycles. The van der Waals surface area contributed by atoms with Crippen LogP contribution in [-0.4, -0.2) is 46.6 Å². The van der Waals surface area contributed by atoms with Crippen LogP contribution in [0.1, 0.15) is 6.42 Å². The molecule has 2 aromatic rings. The van der Waals surface area contributed by atoms with Gasteiger partial charge in [0, 0.05) is 13.0 Å². The molecule has 24 heavy (non-hydrogen) atoms. The average molecular weight is 335 g/mol. The summed E-state index contributed by atoms with van der Waals surface area (Å²) in [4.78, 5) is 21.1. The molecule has 1 saturated heterocycles. The molecule has 1 atom stereocenters. The van der Waals surface area contributed by atoms with E-state index in [2.05, 4.69) is 9.97 Å². The number of halogens is 2. The largest absolute Gasteiger partial charge is 0.481 e. The molecular formula is C16H15F2N3O3. The molecule has 0 spiro atoms. The highest BCUT2D eigenvalue weighted by molar-refractivity contribution is 5.78. The number of aromatic nitrogens is 2. The lowest BCUT2D eigenvalue weighted by Gasteiger charge is -2.17. The fourth-order valence-electron chi connectivity index (χ4n) is 2.35. The van der Waals surface area contributed by atoms with Crippen LogP contribution < -0.4 is 9.47 Å². The molecule has 1 aromatic heterocycles. The molecule has 1 aliphatic heterocycles. The van der Waals surface area contributed by atoms with Crippen molar-refractivity contribution in [2.45, 2.75) is 12.5 Å². The van der Waals surface area contributed by atoms with Crippen molar-refractivity contribution in [1.29, 1.82) is 0 Å². The lowest BCUT2D eigenvalue weighted by Crippen LogP contribution is -2.34. The first-order valence-corrected chi connectivity index (χ1v) is 7.41. The van der Waals surface area contributed by atoms with Crippen molar-refractivity contribution in [3.8, 4) is 11.8 Å². The fourth-order valence-corrected chi connectivity index (χ4v) is 2.35. The van der Waals surface area contributed by atoms with Gasteiger partial charge in [-0.1, -0.05) is 12.1 Å². The van der Waals surface area contributed by atoms with Crippen LogP contribution >= 0.6 is 0 Å². The Morgan fingerprint density at radius 1 is 1.25 bits per heavy atom. The Morgan fingerprint density at radius 3 is 2.75 bits per heavy atom. The lowest BCUT2D eigenvalue weighted by atomic mass is 10.3. The lowest BCUT2D eigenvalue weighted by molar-refractivity contribution is -0.132. The number of hydrogen-bond acceptors (Lipinski definition) is 5. The van der Waals surface area contributed by atoms with Gasteiger partial charge in [-0.3, -0.25) is 4.79 Å². The summed E-state index contributed by atoms with van der Waals surface area (Å²) < 4.78 is 36.9. The summed E-state index contributed by atoms with van der Waals surface area (Å²) in [6.45, 7) is 0.590.